The van der Waals surface area contributed by atoms with Crippen LogP contribution in [-0.2, 0) is 15.9 Å². The lowest BCUT2D eigenvalue weighted by atomic mass is 9.75. The highest BCUT2D eigenvalue weighted by Crippen LogP contribution is 2.50. The van der Waals surface area contributed by atoms with Crippen molar-refractivity contribution in [1.82, 2.24) is 4.57 Å². The number of halogens is 1. The fourth-order valence-electron chi connectivity index (χ4n) is 7.17. The van der Waals surface area contributed by atoms with E-state index < -0.39 is 11.1 Å². The molecule has 1 unspecified atom stereocenters. The Morgan fingerprint density at radius 3 is 1.77 bits per heavy atom. The molecule has 44 heavy (non-hydrogen) atoms. The minimum absolute atomic E-state index is 0.682. The number of aromatic nitrogens is 2. The molecule has 0 spiro atoms. The van der Waals surface area contributed by atoms with Crippen molar-refractivity contribution < 1.29 is 9.30 Å². The van der Waals surface area contributed by atoms with Gasteiger partial charge in [-0.1, -0.05) is 144 Å². The van der Waals surface area contributed by atoms with Crippen LogP contribution >= 0.6 is 15.9 Å². The van der Waals surface area contributed by atoms with Crippen molar-refractivity contribution in [3.8, 4) is 0 Å². The van der Waals surface area contributed by atoms with Crippen LogP contribution in [0.2, 0.25) is 0 Å². The summed E-state index contributed by atoms with van der Waals surface area (Å²) in [6, 6.07) is 45.1. The van der Waals surface area contributed by atoms with E-state index in [2.05, 4.69) is 185 Å². The van der Waals surface area contributed by atoms with Gasteiger partial charge in [0.15, 0.2) is 16.8 Å². The van der Waals surface area contributed by atoms with Crippen LogP contribution in [-0.4, -0.2) is 11.7 Å². The maximum atomic E-state index is 6.80. The SMILES string of the molecule is C=C1c2c(Br)cccc2C(OC)(c2cccc(C)c2C)c2c[n+](C(c3ccccc3)(c3ccccc3)c3ccccc3)cn21. The van der Waals surface area contributed by atoms with Gasteiger partial charge in [0.1, 0.15) is 11.9 Å². The van der Waals surface area contributed by atoms with Crippen molar-refractivity contribution in [2.75, 3.05) is 7.11 Å². The Kier molecular flexibility index (Phi) is 7.00. The van der Waals surface area contributed by atoms with Crippen LogP contribution in [0.1, 0.15) is 50.2 Å². The molecule has 216 valence electrons. The van der Waals surface area contributed by atoms with E-state index in [1.165, 1.54) is 11.1 Å². The molecule has 1 aromatic heterocycles. The molecule has 5 aromatic carbocycles. The number of hydrogen-bond donors (Lipinski definition) is 0. The zero-order valence-corrected chi connectivity index (χ0v) is 26.8. The van der Waals surface area contributed by atoms with Crippen LogP contribution < -0.4 is 4.57 Å². The van der Waals surface area contributed by atoms with Crippen LogP contribution in [0.15, 0.2) is 151 Å². The molecule has 1 aliphatic rings. The minimum Gasteiger partial charge on any atom is -0.360 e. The molecule has 0 fully saturated rings. The fraction of sp³-hybridized carbons (Fsp3) is 0.125. The Balaban J connectivity index is 1.64. The van der Waals surface area contributed by atoms with Crippen LogP contribution in [0.25, 0.3) is 5.70 Å². The molecule has 0 N–H and O–H groups in total. The van der Waals surface area contributed by atoms with Gasteiger partial charge in [-0.15, -0.1) is 0 Å². The van der Waals surface area contributed by atoms with Crippen molar-refractivity contribution in [2.24, 2.45) is 0 Å². The Bertz CT molecular complexity index is 1900. The lowest BCUT2D eigenvalue weighted by Gasteiger charge is -2.38. The van der Waals surface area contributed by atoms with Crippen LogP contribution in [0.4, 0.5) is 0 Å². The number of nitrogens with zero attached hydrogens (tertiary/aromatic N) is 2. The number of imidazole rings is 1. The number of benzene rings is 5. The van der Waals surface area contributed by atoms with Gasteiger partial charge in [-0.2, -0.15) is 4.57 Å². The van der Waals surface area contributed by atoms with Gasteiger partial charge < -0.3 is 4.74 Å². The molecule has 0 aliphatic carbocycles. The Labute approximate surface area is 267 Å². The zero-order valence-electron chi connectivity index (χ0n) is 25.2. The number of aryl methyl sites for hydroxylation is 1. The third kappa shape index (κ3) is 3.94. The van der Waals surface area contributed by atoms with E-state index in [0.717, 1.165) is 49.2 Å². The summed E-state index contributed by atoms with van der Waals surface area (Å²) in [6.45, 7) is 9.02. The highest BCUT2D eigenvalue weighted by atomic mass is 79.9. The first kappa shape index (κ1) is 28.3. The summed E-state index contributed by atoms with van der Waals surface area (Å²) in [5, 5.41) is 0. The van der Waals surface area contributed by atoms with E-state index in [1.807, 2.05) is 7.11 Å². The standard InChI is InChI=1S/C40H34BrN2O/c1-28-16-14-23-34(29(28)2)40(44-4)35-24-15-25-36(41)38(35)30(3)43-27-42(26-37(40)43)39(31-17-8-5-9-18-31,32-19-10-6-11-20-32)33-21-12-7-13-22-33/h5-27H,3H2,1-2,4H3/q+1. The van der Waals surface area contributed by atoms with E-state index in [-0.39, 0.29) is 0 Å². The summed E-state index contributed by atoms with van der Waals surface area (Å²) < 4.78 is 12.4. The van der Waals surface area contributed by atoms with Crippen molar-refractivity contribution in [3.05, 3.63) is 201 Å². The highest BCUT2D eigenvalue weighted by molar-refractivity contribution is 9.10. The molecule has 0 saturated heterocycles. The van der Waals surface area contributed by atoms with E-state index in [9.17, 15) is 0 Å². The molecule has 0 saturated carbocycles. The Hall–Kier alpha value is -4.51. The molecule has 0 radical (unpaired) electrons. The average Bonchev–Trinajstić information content (AvgIpc) is 3.52. The van der Waals surface area contributed by atoms with Gasteiger partial charge in [0.2, 0.25) is 0 Å². The second kappa shape index (κ2) is 10.9. The predicted molar refractivity (Wildman–Crippen MR) is 181 cm³/mol. The number of rotatable bonds is 6. The van der Waals surface area contributed by atoms with Crippen molar-refractivity contribution in [1.29, 1.82) is 0 Å². The van der Waals surface area contributed by atoms with Gasteiger partial charge >= 0.3 is 0 Å². The minimum atomic E-state index is -0.891. The van der Waals surface area contributed by atoms with Gasteiger partial charge in [-0.25, -0.2) is 4.57 Å². The zero-order chi connectivity index (χ0) is 30.5. The number of ether oxygens (including phenoxy) is 1. The lowest BCUT2D eigenvalue weighted by molar-refractivity contribution is -0.733. The summed E-state index contributed by atoms with van der Waals surface area (Å²) in [6.07, 6.45) is 4.47. The van der Waals surface area contributed by atoms with Gasteiger partial charge in [0, 0.05) is 39.4 Å². The third-order valence-electron chi connectivity index (χ3n) is 9.35. The average molecular weight is 639 g/mol. The molecule has 1 aliphatic heterocycles. The van der Waals surface area contributed by atoms with Crippen molar-refractivity contribution in [3.63, 3.8) is 0 Å². The number of hydrogen-bond acceptors (Lipinski definition) is 1. The summed E-state index contributed by atoms with van der Waals surface area (Å²) in [7, 11) is 1.82. The molecule has 1 atom stereocenters. The molecule has 0 amide bonds. The van der Waals surface area contributed by atoms with E-state index >= 15 is 0 Å². The first-order chi connectivity index (χ1) is 21.4. The molecule has 7 rings (SSSR count). The monoisotopic (exact) mass is 637 g/mol. The molecule has 4 heteroatoms. The van der Waals surface area contributed by atoms with E-state index in [1.54, 1.807) is 0 Å². The van der Waals surface area contributed by atoms with E-state index in [0.29, 0.717) is 0 Å². The van der Waals surface area contributed by atoms with Gasteiger partial charge in [0.05, 0.1) is 0 Å². The van der Waals surface area contributed by atoms with Crippen molar-refractivity contribution >= 4 is 21.6 Å². The Morgan fingerprint density at radius 1 is 0.705 bits per heavy atom. The van der Waals surface area contributed by atoms with Crippen LogP contribution in [0.5, 0.6) is 0 Å². The Morgan fingerprint density at radius 2 is 1.23 bits per heavy atom. The summed E-state index contributed by atoms with van der Waals surface area (Å²) in [5.41, 5.74) is 9.42. The van der Waals surface area contributed by atoms with Gasteiger partial charge in [-0.05, 0) is 36.6 Å². The van der Waals surface area contributed by atoms with E-state index in [4.69, 9.17) is 4.74 Å². The summed E-state index contributed by atoms with van der Waals surface area (Å²) in [4.78, 5) is 0. The topological polar surface area (TPSA) is 18.0 Å². The quantitative estimate of drug-likeness (QED) is 0.132. The number of fused-ring (bicyclic) bond motifs is 2. The number of methoxy groups -OCH3 is 1. The third-order valence-corrected chi connectivity index (χ3v) is 10.0. The maximum absolute atomic E-state index is 6.80. The molecule has 6 aromatic rings. The normalized spacial score (nSPS) is 16.0. The first-order valence-corrected chi connectivity index (χ1v) is 15.7. The highest BCUT2D eigenvalue weighted by Gasteiger charge is 2.53. The summed E-state index contributed by atoms with van der Waals surface area (Å²) in [5.74, 6) is 0. The lowest BCUT2D eigenvalue weighted by Crippen LogP contribution is -2.57. The van der Waals surface area contributed by atoms with Gasteiger partial charge in [-0.3, -0.25) is 0 Å². The molecular formula is C40H34BrN2O+. The fourth-order valence-corrected chi connectivity index (χ4v) is 7.76. The smallest absolute Gasteiger partial charge is 0.250 e. The van der Waals surface area contributed by atoms with Gasteiger partial charge in [0.25, 0.3) is 6.33 Å². The van der Waals surface area contributed by atoms with Crippen LogP contribution in [0, 0.1) is 13.8 Å². The molecular weight excluding hydrogens is 604 g/mol. The molecule has 3 nitrogen and oxygen atoms in total. The first-order valence-electron chi connectivity index (χ1n) is 14.9. The molecule has 2 heterocycles. The second-order valence-electron chi connectivity index (χ2n) is 11.5. The second-order valence-corrected chi connectivity index (χ2v) is 12.3. The largest absolute Gasteiger partial charge is 0.360 e. The predicted octanol–water partition coefficient (Wildman–Crippen LogP) is 8.77. The van der Waals surface area contributed by atoms with Crippen LogP contribution in [0.3, 0.4) is 0 Å². The molecule has 0 bridgehead atoms. The van der Waals surface area contributed by atoms with Crippen molar-refractivity contribution in [2.45, 2.75) is 25.0 Å². The maximum Gasteiger partial charge on any atom is 0.250 e. The summed E-state index contributed by atoms with van der Waals surface area (Å²) >= 11 is 3.88.